The molecule has 0 bridgehead atoms. The molecule has 1 aromatic heterocycles. The van der Waals surface area contributed by atoms with Crippen molar-refractivity contribution in [2.45, 2.75) is 76.4 Å². The van der Waals surface area contributed by atoms with Crippen LogP contribution in [-0.4, -0.2) is 47.0 Å². The standard InChI is InChI=1S/C22H29N2O9P/c1-3-22(2)19-16(32-20(22)24-12-11-17(25)23-21(24)27)14-30-34(28,33-19)29-13-7-6-10-18(26)31-15-8-4-5-9-15/h1,11-12,15-16,19-20H,4-10,13-14H2,2H3,(H,23,25,27)/t16-,19-,20-,22-,34-/m1/s1. The van der Waals surface area contributed by atoms with Gasteiger partial charge in [0, 0.05) is 18.7 Å². The van der Waals surface area contributed by atoms with E-state index in [2.05, 4.69) is 10.9 Å². The van der Waals surface area contributed by atoms with Gasteiger partial charge in [-0.05, 0) is 45.4 Å². The minimum absolute atomic E-state index is 0.0338. The molecule has 0 spiro atoms. The van der Waals surface area contributed by atoms with E-state index in [1.165, 1.54) is 16.8 Å². The van der Waals surface area contributed by atoms with Gasteiger partial charge in [0.05, 0.1) is 13.2 Å². The van der Waals surface area contributed by atoms with Gasteiger partial charge < -0.3 is 9.47 Å². The van der Waals surface area contributed by atoms with Crippen molar-refractivity contribution in [3.8, 4) is 12.3 Å². The first-order valence-electron chi connectivity index (χ1n) is 11.5. The summed E-state index contributed by atoms with van der Waals surface area (Å²) in [6, 6.07) is 1.18. The van der Waals surface area contributed by atoms with Crippen LogP contribution < -0.4 is 11.2 Å². The third-order valence-electron chi connectivity index (χ3n) is 6.42. The predicted molar refractivity (Wildman–Crippen MR) is 119 cm³/mol. The fourth-order valence-corrected chi connectivity index (χ4v) is 6.04. The Balaban J connectivity index is 1.32. The van der Waals surface area contributed by atoms with Crippen LogP contribution in [-0.2, 0) is 32.4 Å². The van der Waals surface area contributed by atoms with Gasteiger partial charge in [0.25, 0.3) is 5.56 Å². The summed E-state index contributed by atoms with van der Waals surface area (Å²) in [5, 5.41) is 0. The maximum Gasteiger partial charge on any atom is 0.475 e. The monoisotopic (exact) mass is 496 g/mol. The van der Waals surface area contributed by atoms with Gasteiger partial charge in [-0.15, -0.1) is 6.42 Å². The maximum absolute atomic E-state index is 13.1. The number of nitrogens with one attached hydrogen (secondary N) is 1. The lowest BCUT2D eigenvalue weighted by molar-refractivity contribution is -0.148. The van der Waals surface area contributed by atoms with Crippen molar-refractivity contribution < 1.29 is 32.4 Å². The van der Waals surface area contributed by atoms with E-state index in [4.69, 9.17) is 29.5 Å². The second kappa shape index (κ2) is 10.2. The molecule has 3 fully saturated rings. The molecule has 12 heteroatoms. The first-order chi connectivity index (χ1) is 16.2. The summed E-state index contributed by atoms with van der Waals surface area (Å²) in [5.74, 6) is 2.37. The first kappa shape index (κ1) is 24.9. The maximum atomic E-state index is 13.1. The van der Waals surface area contributed by atoms with Crippen molar-refractivity contribution >= 4 is 13.8 Å². The summed E-state index contributed by atoms with van der Waals surface area (Å²) < 4.78 is 42.0. The quantitative estimate of drug-likeness (QED) is 0.249. The Bertz CT molecular complexity index is 1100. The normalized spacial score (nSPS) is 33.4. The summed E-state index contributed by atoms with van der Waals surface area (Å²) in [7, 11) is -3.94. The van der Waals surface area contributed by atoms with Crippen molar-refractivity contribution in [1.82, 2.24) is 9.55 Å². The van der Waals surface area contributed by atoms with Gasteiger partial charge in [0.1, 0.15) is 23.7 Å². The predicted octanol–water partition coefficient (Wildman–Crippen LogP) is 2.27. The number of H-pyrrole nitrogens is 1. The van der Waals surface area contributed by atoms with Gasteiger partial charge in [0.15, 0.2) is 6.23 Å². The van der Waals surface area contributed by atoms with Crippen LogP contribution in [0.4, 0.5) is 0 Å². The van der Waals surface area contributed by atoms with Crippen LogP contribution in [0.2, 0.25) is 0 Å². The zero-order chi connectivity index (χ0) is 24.3. The Morgan fingerprint density at radius 2 is 2.12 bits per heavy atom. The molecule has 1 aliphatic carbocycles. The molecule has 0 amide bonds. The highest BCUT2D eigenvalue weighted by Gasteiger charge is 2.60. The second-order valence-electron chi connectivity index (χ2n) is 8.93. The Morgan fingerprint density at radius 1 is 1.35 bits per heavy atom. The minimum atomic E-state index is -3.94. The van der Waals surface area contributed by atoms with Crippen LogP contribution in [0, 0.1) is 17.8 Å². The van der Waals surface area contributed by atoms with E-state index >= 15 is 0 Å². The minimum Gasteiger partial charge on any atom is -0.462 e. The molecule has 1 aromatic rings. The third kappa shape index (κ3) is 5.21. The lowest BCUT2D eigenvalue weighted by atomic mass is 9.83. The van der Waals surface area contributed by atoms with Crippen molar-refractivity contribution in [1.29, 1.82) is 0 Å². The molecule has 2 aliphatic heterocycles. The number of ether oxygens (including phenoxy) is 2. The Morgan fingerprint density at radius 3 is 2.82 bits per heavy atom. The zero-order valence-electron chi connectivity index (χ0n) is 19.0. The number of hydrogen-bond donors (Lipinski definition) is 1. The second-order valence-corrected chi connectivity index (χ2v) is 10.5. The van der Waals surface area contributed by atoms with E-state index in [9.17, 15) is 18.9 Å². The molecule has 11 nitrogen and oxygen atoms in total. The summed E-state index contributed by atoms with van der Waals surface area (Å²) in [6.45, 7) is 1.59. The molecular formula is C22H29N2O9P. The van der Waals surface area contributed by atoms with Gasteiger partial charge in [-0.1, -0.05) is 5.92 Å². The number of rotatable bonds is 8. The number of unbranched alkanes of at least 4 members (excludes halogenated alkanes) is 1. The highest BCUT2D eigenvalue weighted by atomic mass is 31.2. The van der Waals surface area contributed by atoms with E-state index < -0.39 is 42.9 Å². The summed E-state index contributed by atoms with van der Waals surface area (Å²) in [6.07, 6.45) is 9.83. The van der Waals surface area contributed by atoms with Crippen molar-refractivity contribution in [3.05, 3.63) is 33.1 Å². The van der Waals surface area contributed by atoms with Crippen molar-refractivity contribution in [3.63, 3.8) is 0 Å². The lowest BCUT2D eigenvalue weighted by Gasteiger charge is -2.35. The van der Waals surface area contributed by atoms with Crippen LogP contribution in [0.25, 0.3) is 0 Å². The average Bonchev–Trinajstić information content (AvgIpc) is 3.40. The Kier molecular flexibility index (Phi) is 7.45. The highest BCUT2D eigenvalue weighted by Crippen LogP contribution is 2.60. The molecule has 186 valence electrons. The number of aromatic nitrogens is 2. The van der Waals surface area contributed by atoms with Crippen LogP contribution in [0.3, 0.4) is 0 Å². The molecule has 1 saturated carbocycles. The number of esters is 1. The molecular weight excluding hydrogens is 467 g/mol. The summed E-state index contributed by atoms with van der Waals surface area (Å²) in [4.78, 5) is 37.8. The van der Waals surface area contributed by atoms with Crippen LogP contribution in [0.15, 0.2) is 21.9 Å². The van der Waals surface area contributed by atoms with E-state index in [0.717, 1.165) is 25.7 Å². The van der Waals surface area contributed by atoms with Gasteiger partial charge in [-0.3, -0.25) is 32.7 Å². The number of phosphoric acid groups is 1. The van der Waals surface area contributed by atoms with E-state index in [1.807, 2.05) is 0 Å². The Labute approximate surface area is 196 Å². The molecule has 4 rings (SSSR count). The first-order valence-corrected chi connectivity index (χ1v) is 12.9. The number of carbonyl (C=O) groups is 1. The molecule has 3 heterocycles. The molecule has 34 heavy (non-hydrogen) atoms. The number of hydrogen-bond acceptors (Lipinski definition) is 9. The number of fused-ring (bicyclic) bond motifs is 1. The summed E-state index contributed by atoms with van der Waals surface area (Å²) in [5.41, 5.74) is -2.44. The molecule has 0 unspecified atom stereocenters. The number of terminal acetylenes is 1. The van der Waals surface area contributed by atoms with Crippen LogP contribution >= 0.6 is 7.82 Å². The Hall–Kier alpha value is -2.22. The van der Waals surface area contributed by atoms with Crippen molar-refractivity contribution in [2.75, 3.05) is 13.2 Å². The molecule has 1 N–H and O–H groups in total. The molecule has 0 radical (unpaired) electrons. The average molecular weight is 496 g/mol. The number of aromatic amines is 1. The molecule has 0 aromatic carbocycles. The fourth-order valence-electron chi connectivity index (χ4n) is 4.53. The number of carbonyl (C=O) groups excluding carboxylic acids is 1. The number of nitrogens with zero attached hydrogens (tertiary/aromatic N) is 1. The van der Waals surface area contributed by atoms with Gasteiger partial charge >= 0.3 is 19.5 Å². The molecule has 5 atom stereocenters. The highest BCUT2D eigenvalue weighted by molar-refractivity contribution is 7.48. The topological polar surface area (TPSA) is 135 Å². The smallest absolute Gasteiger partial charge is 0.462 e. The largest absolute Gasteiger partial charge is 0.475 e. The van der Waals surface area contributed by atoms with E-state index in [-0.39, 0.29) is 31.7 Å². The van der Waals surface area contributed by atoms with Gasteiger partial charge in [-0.2, -0.15) is 0 Å². The molecule has 3 aliphatic rings. The van der Waals surface area contributed by atoms with E-state index in [0.29, 0.717) is 12.8 Å². The fraction of sp³-hybridized carbons (Fsp3) is 0.682. The van der Waals surface area contributed by atoms with Crippen LogP contribution in [0.5, 0.6) is 0 Å². The lowest BCUT2D eigenvalue weighted by Crippen LogP contribution is -2.43. The van der Waals surface area contributed by atoms with Gasteiger partial charge in [-0.25, -0.2) is 9.36 Å². The van der Waals surface area contributed by atoms with E-state index in [1.54, 1.807) is 6.92 Å². The molecule has 2 saturated heterocycles. The van der Waals surface area contributed by atoms with Crippen LogP contribution in [0.1, 0.15) is 58.1 Å². The zero-order valence-corrected chi connectivity index (χ0v) is 19.9. The van der Waals surface area contributed by atoms with Gasteiger partial charge in [0.2, 0.25) is 0 Å². The SMILES string of the molecule is C#C[C@]1(C)[C@@H]2O[P@](=O)(OCCCCC(=O)OC3CCCC3)OC[C@H]2O[C@H]1n1ccc(=O)[nH]c1=O. The van der Waals surface area contributed by atoms with Crippen molar-refractivity contribution in [2.24, 2.45) is 5.41 Å². The number of phosphoric ester groups is 1. The third-order valence-corrected chi connectivity index (χ3v) is 7.87. The summed E-state index contributed by atoms with van der Waals surface area (Å²) >= 11 is 0.